The summed E-state index contributed by atoms with van der Waals surface area (Å²) in [5.41, 5.74) is 0.815. The van der Waals surface area contributed by atoms with E-state index in [0.29, 0.717) is 0 Å². The Morgan fingerprint density at radius 1 is 1.61 bits per heavy atom. The van der Waals surface area contributed by atoms with E-state index in [1.54, 1.807) is 13.8 Å². The van der Waals surface area contributed by atoms with Gasteiger partial charge < -0.3 is 5.11 Å². The number of aryl methyl sites for hydroxylation is 1. The van der Waals surface area contributed by atoms with Crippen LogP contribution in [-0.2, 0) is 14.8 Å². The Balaban J connectivity index is 3.17. The number of nitrogens with zero attached hydrogens (tertiary/aromatic N) is 1. The quantitative estimate of drug-likeness (QED) is 0.879. The topological polar surface area (TPSA) is 74.7 Å². The fourth-order valence-corrected chi connectivity index (χ4v) is 5.25. The van der Waals surface area contributed by atoms with Crippen molar-refractivity contribution in [3.05, 3.63) is 15.4 Å². The molecule has 1 unspecified atom stereocenters. The standard InChI is InChI=1S/C10H14BrNO4S2/c1-4-7(10(13)14)12(3)18(15,16)8-5-6(2)9(11)17-8/h5,7H,4H2,1-3H3,(H,13,14). The van der Waals surface area contributed by atoms with Crippen LogP contribution < -0.4 is 0 Å². The number of carboxylic acid groups (broad SMARTS) is 1. The largest absolute Gasteiger partial charge is 0.480 e. The summed E-state index contributed by atoms with van der Waals surface area (Å²) < 4.78 is 26.3. The molecule has 1 atom stereocenters. The van der Waals surface area contributed by atoms with Crippen molar-refractivity contribution in [3.63, 3.8) is 0 Å². The first-order chi connectivity index (χ1) is 8.21. The van der Waals surface area contributed by atoms with Crippen LogP contribution in [-0.4, -0.2) is 36.9 Å². The number of halogens is 1. The van der Waals surface area contributed by atoms with E-state index in [9.17, 15) is 13.2 Å². The minimum absolute atomic E-state index is 0.147. The van der Waals surface area contributed by atoms with Crippen molar-refractivity contribution < 1.29 is 18.3 Å². The fraction of sp³-hybridized carbons (Fsp3) is 0.500. The molecule has 0 amide bonds. The summed E-state index contributed by atoms with van der Waals surface area (Å²) in [6.07, 6.45) is 0.219. The van der Waals surface area contributed by atoms with E-state index < -0.39 is 22.0 Å². The minimum atomic E-state index is -3.76. The molecule has 0 bridgehead atoms. The van der Waals surface area contributed by atoms with Crippen molar-refractivity contribution in [3.8, 4) is 0 Å². The lowest BCUT2D eigenvalue weighted by atomic mass is 10.2. The van der Waals surface area contributed by atoms with Gasteiger partial charge in [-0.25, -0.2) is 8.42 Å². The predicted octanol–water partition coefficient (Wildman–Crippen LogP) is 2.30. The number of hydrogen-bond donors (Lipinski definition) is 1. The lowest BCUT2D eigenvalue weighted by Crippen LogP contribution is -2.41. The molecular formula is C10H14BrNO4S2. The van der Waals surface area contributed by atoms with Crippen molar-refractivity contribution >= 4 is 43.3 Å². The predicted molar refractivity (Wildman–Crippen MR) is 73.4 cm³/mol. The third-order valence-electron chi connectivity index (χ3n) is 2.58. The summed E-state index contributed by atoms with van der Waals surface area (Å²) in [6, 6.07) is 0.492. The SMILES string of the molecule is CCC(C(=O)O)N(C)S(=O)(=O)c1cc(C)c(Br)s1. The summed E-state index contributed by atoms with van der Waals surface area (Å²) in [4.78, 5) is 11.0. The molecule has 1 aromatic rings. The molecule has 0 fully saturated rings. The number of carboxylic acids is 1. The fourth-order valence-electron chi connectivity index (χ4n) is 1.46. The second-order valence-electron chi connectivity index (χ2n) is 3.81. The summed E-state index contributed by atoms with van der Waals surface area (Å²) in [5, 5.41) is 9.00. The summed E-state index contributed by atoms with van der Waals surface area (Å²) >= 11 is 4.34. The van der Waals surface area contributed by atoms with Gasteiger partial charge in [0.15, 0.2) is 0 Å². The van der Waals surface area contributed by atoms with Gasteiger partial charge >= 0.3 is 5.97 Å². The molecule has 0 saturated heterocycles. The molecule has 0 saturated carbocycles. The molecule has 1 rings (SSSR count). The zero-order valence-electron chi connectivity index (χ0n) is 10.2. The Morgan fingerprint density at radius 3 is 2.50 bits per heavy atom. The first-order valence-electron chi connectivity index (χ1n) is 5.18. The number of carbonyl (C=O) groups is 1. The molecule has 0 aliphatic rings. The number of aliphatic carboxylic acids is 1. The van der Waals surface area contributed by atoms with Crippen LogP contribution in [0.5, 0.6) is 0 Å². The molecule has 0 spiro atoms. The molecule has 5 nitrogen and oxygen atoms in total. The monoisotopic (exact) mass is 355 g/mol. The molecule has 0 aliphatic carbocycles. The van der Waals surface area contributed by atoms with E-state index >= 15 is 0 Å². The van der Waals surface area contributed by atoms with E-state index in [2.05, 4.69) is 15.9 Å². The summed E-state index contributed by atoms with van der Waals surface area (Å²) in [7, 11) is -2.46. The van der Waals surface area contributed by atoms with Crippen LogP contribution in [0.3, 0.4) is 0 Å². The highest BCUT2D eigenvalue weighted by molar-refractivity contribution is 9.11. The number of thiophene rings is 1. The highest BCUT2D eigenvalue weighted by Crippen LogP contribution is 2.32. The van der Waals surface area contributed by atoms with E-state index in [4.69, 9.17) is 5.11 Å². The van der Waals surface area contributed by atoms with Crippen molar-refractivity contribution in [1.82, 2.24) is 4.31 Å². The molecule has 1 N–H and O–H groups in total. The zero-order chi connectivity index (χ0) is 14.1. The normalized spacial score (nSPS) is 13.8. The van der Waals surface area contributed by atoms with Crippen LogP contribution in [0, 0.1) is 6.92 Å². The van der Waals surface area contributed by atoms with E-state index in [1.165, 1.54) is 13.1 Å². The number of likely N-dealkylation sites (N-methyl/N-ethyl adjacent to an activating group) is 1. The maximum atomic E-state index is 12.3. The van der Waals surface area contributed by atoms with Gasteiger partial charge in [0, 0.05) is 7.05 Å². The molecule has 0 aliphatic heterocycles. The Kier molecular flexibility index (Phi) is 4.93. The molecule has 8 heteroatoms. The number of sulfonamides is 1. The molecule has 18 heavy (non-hydrogen) atoms. The van der Waals surface area contributed by atoms with Gasteiger partial charge in [0.1, 0.15) is 10.3 Å². The van der Waals surface area contributed by atoms with Gasteiger partial charge in [-0.05, 0) is 40.9 Å². The third kappa shape index (κ3) is 2.93. The van der Waals surface area contributed by atoms with Gasteiger partial charge in [-0.2, -0.15) is 4.31 Å². The van der Waals surface area contributed by atoms with E-state index in [1.807, 2.05) is 0 Å². The minimum Gasteiger partial charge on any atom is -0.480 e. The Bertz CT molecular complexity index is 533. The van der Waals surface area contributed by atoms with E-state index in [-0.39, 0.29) is 10.6 Å². The lowest BCUT2D eigenvalue weighted by Gasteiger charge is -2.22. The zero-order valence-corrected chi connectivity index (χ0v) is 13.4. The van der Waals surface area contributed by atoms with Gasteiger partial charge in [0.25, 0.3) is 10.0 Å². The maximum absolute atomic E-state index is 12.3. The average molecular weight is 356 g/mol. The Morgan fingerprint density at radius 2 is 2.17 bits per heavy atom. The molecule has 0 radical (unpaired) electrons. The first-order valence-corrected chi connectivity index (χ1v) is 8.23. The smallest absolute Gasteiger partial charge is 0.321 e. The van der Waals surface area contributed by atoms with Gasteiger partial charge in [0.05, 0.1) is 3.79 Å². The van der Waals surface area contributed by atoms with Crippen molar-refractivity contribution in [2.75, 3.05) is 7.05 Å². The first kappa shape index (κ1) is 15.6. The van der Waals surface area contributed by atoms with Gasteiger partial charge in [0.2, 0.25) is 0 Å². The van der Waals surface area contributed by atoms with Crippen molar-refractivity contribution in [2.45, 2.75) is 30.5 Å². The molecular weight excluding hydrogens is 342 g/mol. The van der Waals surface area contributed by atoms with Crippen molar-refractivity contribution in [1.29, 1.82) is 0 Å². The average Bonchev–Trinajstić information content (AvgIpc) is 2.60. The van der Waals surface area contributed by atoms with Crippen LogP contribution in [0.2, 0.25) is 0 Å². The second-order valence-corrected chi connectivity index (χ2v) is 8.40. The Hall–Kier alpha value is -0.440. The maximum Gasteiger partial charge on any atom is 0.321 e. The molecule has 1 aromatic heterocycles. The molecule has 102 valence electrons. The molecule has 0 aromatic carbocycles. The van der Waals surface area contributed by atoms with Crippen LogP contribution in [0.25, 0.3) is 0 Å². The van der Waals surface area contributed by atoms with Crippen LogP contribution in [0.4, 0.5) is 0 Å². The Labute approximate surface area is 119 Å². The molecule has 1 heterocycles. The number of hydrogen-bond acceptors (Lipinski definition) is 4. The summed E-state index contributed by atoms with van der Waals surface area (Å²) in [6.45, 7) is 3.43. The highest BCUT2D eigenvalue weighted by atomic mass is 79.9. The lowest BCUT2D eigenvalue weighted by molar-refractivity contribution is -0.141. The van der Waals surface area contributed by atoms with Gasteiger partial charge in [-0.3, -0.25) is 4.79 Å². The highest BCUT2D eigenvalue weighted by Gasteiger charge is 2.32. The van der Waals surface area contributed by atoms with Crippen molar-refractivity contribution in [2.24, 2.45) is 0 Å². The van der Waals surface area contributed by atoms with E-state index in [0.717, 1.165) is 25.0 Å². The van der Waals surface area contributed by atoms with Gasteiger partial charge in [-0.15, -0.1) is 11.3 Å². The third-order valence-corrected chi connectivity index (χ3v) is 7.03. The summed E-state index contributed by atoms with van der Waals surface area (Å²) in [5.74, 6) is -1.14. The second kappa shape index (κ2) is 5.68. The number of rotatable bonds is 5. The van der Waals surface area contributed by atoms with Crippen LogP contribution in [0.15, 0.2) is 14.1 Å². The van der Waals surface area contributed by atoms with Crippen LogP contribution in [0.1, 0.15) is 18.9 Å². The van der Waals surface area contributed by atoms with Crippen LogP contribution >= 0.6 is 27.3 Å². The van der Waals surface area contributed by atoms with Gasteiger partial charge in [-0.1, -0.05) is 6.92 Å².